The number of likely N-dealkylation sites (tertiary alicyclic amines) is 1. The Kier molecular flexibility index (Phi) is 3.59. The third-order valence-electron chi connectivity index (χ3n) is 4.18. The van der Waals surface area contributed by atoms with E-state index in [1.807, 2.05) is 6.92 Å². The van der Waals surface area contributed by atoms with Crippen LogP contribution in [-0.4, -0.2) is 43.2 Å². The van der Waals surface area contributed by atoms with Gasteiger partial charge in [-0.05, 0) is 26.7 Å². The van der Waals surface area contributed by atoms with Crippen LogP contribution >= 0.6 is 0 Å². The normalized spacial score (nSPS) is 16.2. The van der Waals surface area contributed by atoms with Crippen LogP contribution in [0.5, 0.6) is 0 Å². The first-order valence-electron chi connectivity index (χ1n) is 7.30. The molecule has 3 heterocycles. The lowest BCUT2D eigenvalue weighted by molar-refractivity contribution is 0.0659. The lowest BCUT2D eigenvalue weighted by Gasteiger charge is -2.32. The summed E-state index contributed by atoms with van der Waals surface area (Å²) in [6.07, 6.45) is 2.74. The summed E-state index contributed by atoms with van der Waals surface area (Å²) >= 11 is 0. The van der Waals surface area contributed by atoms with Crippen LogP contribution < -0.4 is 5.69 Å². The Morgan fingerprint density at radius 2 is 2.00 bits per heavy atom. The summed E-state index contributed by atoms with van der Waals surface area (Å²) in [6.45, 7) is 4.76. The van der Waals surface area contributed by atoms with Crippen LogP contribution in [0.3, 0.4) is 0 Å². The first kappa shape index (κ1) is 14.6. The van der Waals surface area contributed by atoms with Gasteiger partial charge >= 0.3 is 5.69 Å². The van der Waals surface area contributed by atoms with Gasteiger partial charge in [0, 0.05) is 26.2 Å². The van der Waals surface area contributed by atoms with Crippen molar-refractivity contribution in [2.75, 3.05) is 13.1 Å². The predicted molar refractivity (Wildman–Crippen MR) is 77.6 cm³/mol. The van der Waals surface area contributed by atoms with Gasteiger partial charge in [0.2, 0.25) is 5.76 Å². The lowest BCUT2D eigenvalue weighted by atomic mass is 10.0. The van der Waals surface area contributed by atoms with Crippen molar-refractivity contribution in [1.82, 2.24) is 24.2 Å². The molecule has 1 amide bonds. The van der Waals surface area contributed by atoms with Crippen LogP contribution in [0, 0.1) is 13.8 Å². The molecule has 1 aliphatic rings. The maximum atomic E-state index is 12.4. The highest BCUT2D eigenvalue weighted by atomic mass is 16.3. The van der Waals surface area contributed by atoms with E-state index in [0.717, 1.165) is 12.8 Å². The number of carbonyl (C=O) groups excluding carboxylic acids is 1. The smallest absolute Gasteiger partial charge is 0.345 e. The molecule has 8 nitrogen and oxygen atoms in total. The van der Waals surface area contributed by atoms with E-state index in [2.05, 4.69) is 10.1 Å². The van der Waals surface area contributed by atoms with Gasteiger partial charge in [0.1, 0.15) is 5.82 Å². The molecule has 0 radical (unpaired) electrons. The Bertz CT molecular complexity index is 749. The summed E-state index contributed by atoms with van der Waals surface area (Å²) in [5.74, 6) is 0.875. The lowest BCUT2D eigenvalue weighted by Crippen LogP contribution is -2.41. The highest BCUT2D eigenvalue weighted by molar-refractivity contribution is 5.92. The fraction of sp³-hybridized carbons (Fsp3) is 0.571. The van der Waals surface area contributed by atoms with Crippen LogP contribution in [0.1, 0.15) is 41.0 Å². The Morgan fingerprint density at radius 1 is 1.32 bits per heavy atom. The molecule has 0 spiro atoms. The number of aryl methyl sites for hydroxylation is 3. The van der Waals surface area contributed by atoms with Crippen molar-refractivity contribution in [1.29, 1.82) is 0 Å². The van der Waals surface area contributed by atoms with Gasteiger partial charge < -0.3 is 9.32 Å². The highest BCUT2D eigenvalue weighted by Gasteiger charge is 2.29. The van der Waals surface area contributed by atoms with E-state index < -0.39 is 0 Å². The molecule has 3 rings (SSSR count). The van der Waals surface area contributed by atoms with Gasteiger partial charge in [0.15, 0.2) is 6.39 Å². The molecule has 0 unspecified atom stereocenters. The average Bonchev–Trinajstić information content (AvgIpc) is 3.03. The first-order valence-corrected chi connectivity index (χ1v) is 7.30. The molecule has 2 aromatic rings. The maximum Gasteiger partial charge on any atom is 0.345 e. The van der Waals surface area contributed by atoms with Gasteiger partial charge in [-0.2, -0.15) is 5.10 Å². The third-order valence-corrected chi connectivity index (χ3v) is 4.18. The zero-order chi connectivity index (χ0) is 15.9. The monoisotopic (exact) mass is 305 g/mol. The molecule has 0 aromatic carbocycles. The molecule has 1 aliphatic heterocycles. The van der Waals surface area contributed by atoms with Gasteiger partial charge in [-0.15, -0.1) is 0 Å². The van der Waals surface area contributed by atoms with Crippen molar-refractivity contribution in [2.45, 2.75) is 32.7 Å². The maximum absolute atomic E-state index is 12.4. The van der Waals surface area contributed by atoms with Crippen molar-refractivity contribution in [3.63, 3.8) is 0 Å². The van der Waals surface area contributed by atoms with Gasteiger partial charge in [0.25, 0.3) is 5.91 Å². The first-order chi connectivity index (χ1) is 10.5. The second kappa shape index (κ2) is 5.43. The predicted octanol–water partition coefficient (Wildman–Crippen LogP) is 0.664. The number of piperidine rings is 1. The van der Waals surface area contributed by atoms with Crippen molar-refractivity contribution in [3.8, 4) is 0 Å². The van der Waals surface area contributed by atoms with Gasteiger partial charge in [0.05, 0.1) is 5.69 Å². The SMILES string of the molecule is Cc1ncoc1C(=O)N1CCC(n2c(C)nn(C)c2=O)CC1. The van der Waals surface area contributed by atoms with Crippen LogP contribution in [-0.2, 0) is 7.05 Å². The number of carbonyl (C=O) groups is 1. The molecule has 0 N–H and O–H groups in total. The molecule has 0 atom stereocenters. The van der Waals surface area contributed by atoms with Gasteiger partial charge in [-0.25, -0.2) is 14.5 Å². The fourth-order valence-corrected chi connectivity index (χ4v) is 3.00. The van der Waals surface area contributed by atoms with E-state index in [1.54, 1.807) is 23.4 Å². The Balaban J connectivity index is 1.72. The molecular formula is C14H19N5O3. The quantitative estimate of drug-likeness (QED) is 0.813. The molecule has 22 heavy (non-hydrogen) atoms. The average molecular weight is 305 g/mol. The highest BCUT2D eigenvalue weighted by Crippen LogP contribution is 2.23. The number of hydrogen-bond donors (Lipinski definition) is 0. The summed E-state index contributed by atoms with van der Waals surface area (Å²) in [4.78, 5) is 30.2. The summed E-state index contributed by atoms with van der Waals surface area (Å²) < 4.78 is 8.24. The molecule has 1 saturated heterocycles. The van der Waals surface area contributed by atoms with Crippen molar-refractivity contribution in [3.05, 3.63) is 34.2 Å². The molecule has 2 aromatic heterocycles. The van der Waals surface area contributed by atoms with E-state index in [1.165, 1.54) is 11.1 Å². The Hall–Kier alpha value is -2.38. The minimum absolute atomic E-state index is 0.0843. The fourth-order valence-electron chi connectivity index (χ4n) is 3.00. The van der Waals surface area contributed by atoms with E-state index in [9.17, 15) is 9.59 Å². The Labute approximate surface area is 127 Å². The second-order valence-corrected chi connectivity index (χ2v) is 5.61. The number of nitrogens with zero attached hydrogens (tertiary/aromatic N) is 5. The van der Waals surface area contributed by atoms with Crippen LogP contribution in [0.25, 0.3) is 0 Å². The third kappa shape index (κ3) is 2.34. The summed E-state index contributed by atoms with van der Waals surface area (Å²) in [6, 6.07) is 0.0843. The Morgan fingerprint density at radius 3 is 2.50 bits per heavy atom. The molecule has 0 aliphatic carbocycles. The molecule has 0 saturated carbocycles. The molecule has 1 fully saturated rings. The van der Waals surface area contributed by atoms with E-state index in [-0.39, 0.29) is 17.6 Å². The summed E-state index contributed by atoms with van der Waals surface area (Å²) in [5.41, 5.74) is 0.500. The minimum Gasteiger partial charge on any atom is -0.438 e. The topological polar surface area (TPSA) is 86.2 Å². The zero-order valence-corrected chi connectivity index (χ0v) is 12.9. The molecule has 8 heteroatoms. The largest absolute Gasteiger partial charge is 0.438 e. The molecule has 118 valence electrons. The van der Waals surface area contributed by atoms with E-state index in [4.69, 9.17) is 4.42 Å². The number of aromatic nitrogens is 4. The summed E-state index contributed by atoms with van der Waals surface area (Å²) in [7, 11) is 1.65. The standard InChI is InChI=1S/C14H19N5O3/c1-9-12(22-8-15-9)13(20)18-6-4-11(5-7-18)19-10(2)16-17(3)14(19)21/h8,11H,4-7H2,1-3H3. The number of rotatable bonds is 2. The van der Waals surface area contributed by atoms with Crippen LogP contribution in [0.4, 0.5) is 0 Å². The molecule has 0 bridgehead atoms. The summed E-state index contributed by atoms with van der Waals surface area (Å²) in [5, 5.41) is 4.16. The van der Waals surface area contributed by atoms with Crippen molar-refractivity contribution in [2.24, 2.45) is 7.05 Å². The van der Waals surface area contributed by atoms with Crippen molar-refractivity contribution < 1.29 is 9.21 Å². The number of amides is 1. The second-order valence-electron chi connectivity index (χ2n) is 5.61. The van der Waals surface area contributed by atoms with E-state index >= 15 is 0 Å². The zero-order valence-electron chi connectivity index (χ0n) is 12.9. The number of oxazole rings is 1. The van der Waals surface area contributed by atoms with E-state index in [0.29, 0.717) is 30.4 Å². The van der Waals surface area contributed by atoms with Gasteiger partial charge in [-0.1, -0.05) is 0 Å². The van der Waals surface area contributed by atoms with Crippen LogP contribution in [0.2, 0.25) is 0 Å². The van der Waals surface area contributed by atoms with Gasteiger partial charge in [-0.3, -0.25) is 9.36 Å². The minimum atomic E-state index is -0.135. The van der Waals surface area contributed by atoms with Crippen molar-refractivity contribution >= 4 is 5.91 Å². The van der Waals surface area contributed by atoms with Crippen LogP contribution in [0.15, 0.2) is 15.6 Å². The molecular weight excluding hydrogens is 286 g/mol. The number of hydrogen-bond acceptors (Lipinski definition) is 5.